The van der Waals surface area contributed by atoms with Crippen molar-refractivity contribution in [3.05, 3.63) is 35.4 Å². The first-order valence-corrected chi connectivity index (χ1v) is 8.57. The molecule has 1 aromatic carbocycles. The molecule has 23 heavy (non-hydrogen) atoms. The monoisotopic (exact) mass is 315 g/mol. The number of hydrogen-bond donors (Lipinski definition) is 2. The van der Waals surface area contributed by atoms with E-state index in [9.17, 15) is 9.59 Å². The van der Waals surface area contributed by atoms with Crippen LogP contribution in [0.5, 0.6) is 0 Å². The van der Waals surface area contributed by atoms with Gasteiger partial charge in [-0.05, 0) is 36.9 Å². The molecule has 3 rings (SSSR count). The topological polar surface area (TPSA) is 61.4 Å². The summed E-state index contributed by atoms with van der Waals surface area (Å²) in [6.45, 7) is 3.04. The maximum atomic E-state index is 12.1. The molecule has 0 bridgehead atoms. The van der Waals surface area contributed by atoms with E-state index in [0.29, 0.717) is 32.0 Å². The van der Waals surface area contributed by atoms with Crippen molar-refractivity contribution in [1.29, 1.82) is 0 Å². The summed E-state index contributed by atoms with van der Waals surface area (Å²) < 4.78 is 0. The highest BCUT2D eigenvalue weighted by Crippen LogP contribution is 2.17. The molecule has 124 valence electrons. The minimum absolute atomic E-state index is 0.0939. The van der Waals surface area contributed by atoms with Crippen molar-refractivity contribution in [1.82, 2.24) is 15.5 Å². The molecule has 2 heterocycles. The van der Waals surface area contributed by atoms with Gasteiger partial charge >= 0.3 is 0 Å². The van der Waals surface area contributed by atoms with E-state index in [-0.39, 0.29) is 11.8 Å². The lowest BCUT2D eigenvalue weighted by atomic mass is 10.1. The van der Waals surface area contributed by atoms with Gasteiger partial charge in [0.15, 0.2) is 0 Å². The minimum atomic E-state index is 0.0939. The molecule has 1 aromatic rings. The Morgan fingerprint density at radius 3 is 2.78 bits per heavy atom. The summed E-state index contributed by atoms with van der Waals surface area (Å²) in [5.41, 5.74) is 2.22. The van der Waals surface area contributed by atoms with E-state index in [1.165, 1.54) is 0 Å². The molecule has 0 aliphatic carbocycles. The molecule has 2 N–H and O–H groups in total. The van der Waals surface area contributed by atoms with Gasteiger partial charge in [0.05, 0.1) is 0 Å². The van der Waals surface area contributed by atoms with Crippen LogP contribution in [0.3, 0.4) is 0 Å². The Morgan fingerprint density at radius 1 is 1.26 bits per heavy atom. The van der Waals surface area contributed by atoms with E-state index in [2.05, 4.69) is 10.6 Å². The smallest absolute Gasteiger partial charge is 0.222 e. The number of nitrogens with zero attached hydrogens (tertiary/aromatic N) is 1. The van der Waals surface area contributed by atoms with Crippen LogP contribution in [0.2, 0.25) is 0 Å². The van der Waals surface area contributed by atoms with Crippen LogP contribution in [0.25, 0.3) is 0 Å². The van der Waals surface area contributed by atoms with Crippen LogP contribution in [0.15, 0.2) is 24.3 Å². The third kappa shape index (κ3) is 4.32. The fourth-order valence-corrected chi connectivity index (χ4v) is 3.38. The van der Waals surface area contributed by atoms with Crippen molar-refractivity contribution in [2.75, 3.05) is 13.1 Å². The minimum Gasteiger partial charge on any atom is -0.352 e. The largest absolute Gasteiger partial charge is 0.352 e. The summed E-state index contributed by atoms with van der Waals surface area (Å²) in [6.07, 6.45) is 4.40. The zero-order valence-corrected chi connectivity index (χ0v) is 13.5. The number of rotatable bonds is 6. The molecule has 0 radical (unpaired) electrons. The van der Waals surface area contributed by atoms with Crippen LogP contribution >= 0.6 is 0 Å². The predicted octanol–water partition coefficient (Wildman–Crippen LogP) is 1.57. The van der Waals surface area contributed by atoms with Crippen LogP contribution in [0, 0.1) is 0 Å². The first-order chi connectivity index (χ1) is 11.2. The second-order valence-corrected chi connectivity index (χ2v) is 6.46. The quantitative estimate of drug-likeness (QED) is 0.837. The van der Waals surface area contributed by atoms with Gasteiger partial charge in [0.1, 0.15) is 0 Å². The molecule has 1 atom stereocenters. The molecule has 2 aliphatic rings. The van der Waals surface area contributed by atoms with Gasteiger partial charge in [0.25, 0.3) is 0 Å². The standard InChI is InChI=1S/C18H25N3O2/c22-17(11-16-7-3-9-19-16)20-12-14-5-1-2-6-15(14)13-21-10-4-8-18(21)23/h1-2,5-6,16,19H,3-4,7-13H2,(H,20,22). The molecule has 0 aromatic heterocycles. The van der Waals surface area contributed by atoms with Gasteiger partial charge in [0, 0.05) is 38.5 Å². The summed E-state index contributed by atoms with van der Waals surface area (Å²) in [6, 6.07) is 8.38. The Kier molecular flexibility index (Phi) is 5.28. The highest BCUT2D eigenvalue weighted by atomic mass is 16.2. The van der Waals surface area contributed by atoms with Gasteiger partial charge in [0.2, 0.25) is 11.8 Å². The maximum Gasteiger partial charge on any atom is 0.222 e. The highest BCUT2D eigenvalue weighted by Gasteiger charge is 2.21. The zero-order chi connectivity index (χ0) is 16.1. The number of likely N-dealkylation sites (tertiary alicyclic amines) is 1. The summed E-state index contributed by atoms with van der Waals surface area (Å²) in [4.78, 5) is 25.8. The van der Waals surface area contributed by atoms with E-state index < -0.39 is 0 Å². The van der Waals surface area contributed by atoms with Crippen LogP contribution in [0.1, 0.15) is 43.2 Å². The van der Waals surface area contributed by atoms with Gasteiger partial charge < -0.3 is 15.5 Å². The van der Waals surface area contributed by atoms with E-state index in [0.717, 1.165) is 43.5 Å². The molecule has 5 heteroatoms. The van der Waals surface area contributed by atoms with Crippen LogP contribution in [-0.2, 0) is 22.7 Å². The highest BCUT2D eigenvalue weighted by molar-refractivity contribution is 5.78. The lowest BCUT2D eigenvalue weighted by Crippen LogP contribution is -2.32. The average molecular weight is 315 g/mol. The Hall–Kier alpha value is -1.88. The van der Waals surface area contributed by atoms with E-state index in [4.69, 9.17) is 0 Å². The SMILES string of the molecule is O=C(CC1CCCN1)NCc1ccccc1CN1CCCC1=O. The van der Waals surface area contributed by atoms with E-state index in [1.807, 2.05) is 29.2 Å². The lowest BCUT2D eigenvalue weighted by Gasteiger charge is -2.18. The lowest BCUT2D eigenvalue weighted by molar-refractivity contribution is -0.128. The normalized spacial score (nSPS) is 21.0. The van der Waals surface area contributed by atoms with Gasteiger partial charge in [-0.3, -0.25) is 9.59 Å². The van der Waals surface area contributed by atoms with Crippen molar-refractivity contribution in [2.45, 2.75) is 51.2 Å². The van der Waals surface area contributed by atoms with Gasteiger partial charge in [-0.25, -0.2) is 0 Å². The van der Waals surface area contributed by atoms with E-state index in [1.54, 1.807) is 0 Å². The second kappa shape index (κ2) is 7.59. The predicted molar refractivity (Wildman–Crippen MR) is 88.6 cm³/mol. The Morgan fingerprint density at radius 2 is 2.09 bits per heavy atom. The zero-order valence-electron chi connectivity index (χ0n) is 13.5. The number of hydrogen-bond acceptors (Lipinski definition) is 3. The van der Waals surface area contributed by atoms with E-state index >= 15 is 0 Å². The number of benzene rings is 1. The molecular weight excluding hydrogens is 290 g/mol. The van der Waals surface area contributed by atoms with Crippen molar-refractivity contribution < 1.29 is 9.59 Å². The molecule has 1 unspecified atom stereocenters. The fraction of sp³-hybridized carbons (Fsp3) is 0.556. The number of carbonyl (C=O) groups is 2. The van der Waals surface area contributed by atoms with Gasteiger partial charge in [-0.15, -0.1) is 0 Å². The molecule has 2 aliphatic heterocycles. The molecule has 5 nitrogen and oxygen atoms in total. The fourth-order valence-electron chi connectivity index (χ4n) is 3.38. The Labute approximate surface area is 137 Å². The summed E-state index contributed by atoms with van der Waals surface area (Å²) in [5.74, 6) is 0.326. The van der Waals surface area contributed by atoms with Crippen molar-refractivity contribution in [3.8, 4) is 0 Å². The molecule has 2 amide bonds. The third-order valence-corrected chi connectivity index (χ3v) is 4.72. The first kappa shape index (κ1) is 16.0. The molecule has 0 saturated carbocycles. The number of nitrogens with one attached hydrogen (secondary N) is 2. The summed E-state index contributed by atoms with van der Waals surface area (Å²) in [5, 5.41) is 6.37. The average Bonchev–Trinajstić information content (AvgIpc) is 3.19. The second-order valence-electron chi connectivity index (χ2n) is 6.46. The third-order valence-electron chi connectivity index (χ3n) is 4.72. The Balaban J connectivity index is 1.54. The Bertz CT molecular complexity index is 567. The van der Waals surface area contributed by atoms with Crippen molar-refractivity contribution in [2.24, 2.45) is 0 Å². The van der Waals surface area contributed by atoms with Gasteiger partial charge in [-0.1, -0.05) is 24.3 Å². The first-order valence-electron chi connectivity index (χ1n) is 8.57. The van der Waals surface area contributed by atoms with Crippen LogP contribution < -0.4 is 10.6 Å². The summed E-state index contributed by atoms with van der Waals surface area (Å²) in [7, 11) is 0. The van der Waals surface area contributed by atoms with Gasteiger partial charge in [-0.2, -0.15) is 0 Å². The summed E-state index contributed by atoms with van der Waals surface area (Å²) >= 11 is 0. The molecular formula is C18H25N3O2. The van der Waals surface area contributed by atoms with Crippen LogP contribution in [-0.4, -0.2) is 35.8 Å². The van der Waals surface area contributed by atoms with Crippen LogP contribution in [0.4, 0.5) is 0 Å². The number of amides is 2. The molecule has 2 fully saturated rings. The van der Waals surface area contributed by atoms with Crippen molar-refractivity contribution >= 4 is 11.8 Å². The maximum absolute atomic E-state index is 12.1. The number of carbonyl (C=O) groups excluding carboxylic acids is 2. The molecule has 2 saturated heterocycles. The van der Waals surface area contributed by atoms with Crippen molar-refractivity contribution in [3.63, 3.8) is 0 Å². The molecule has 0 spiro atoms.